The molecule has 2 aliphatic rings. The summed E-state index contributed by atoms with van der Waals surface area (Å²) in [6.45, 7) is 4.88. The summed E-state index contributed by atoms with van der Waals surface area (Å²) >= 11 is 0. The van der Waals surface area contributed by atoms with Crippen LogP contribution in [0.5, 0.6) is 0 Å². The van der Waals surface area contributed by atoms with Crippen LogP contribution in [0.2, 0.25) is 0 Å². The van der Waals surface area contributed by atoms with Crippen LogP contribution in [-0.4, -0.2) is 40.8 Å². The van der Waals surface area contributed by atoms with Gasteiger partial charge in [0.15, 0.2) is 12.1 Å². The van der Waals surface area contributed by atoms with Gasteiger partial charge >= 0.3 is 0 Å². The number of rotatable bonds is 5. The van der Waals surface area contributed by atoms with Gasteiger partial charge in [-0.15, -0.1) is 0 Å². The van der Waals surface area contributed by atoms with Crippen LogP contribution in [0.15, 0.2) is 10.8 Å². The Hall–Kier alpha value is -1.85. The number of hydrogen-bond acceptors (Lipinski definition) is 4. The highest BCUT2D eigenvalue weighted by molar-refractivity contribution is 5.93. The van der Waals surface area contributed by atoms with E-state index in [1.165, 1.54) is 13.3 Å². The summed E-state index contributed by atoms with van der Waals surface area (Å²) in [6, 6.07) is 0.0395. The Kier molecular flexibility index (Phi) is 4.18. The lowest BCUT2D eigenvalue weighted by atomic mass is 9.98. The first kappa shape index (κ1) is 15.1. The van der Waals surface area contributed by atoms with E-state index >= 15 is 0 Å². The Morgan fingerprint density at radius 3 is 2.82 bits per heavy atom. The first-order chi connectivity index (χ1) is 10.6. The van der Waals surface area contributed by atoms with Gasteiger partial charge in [-0.05, 0) is 25.2 Å². The third-order valence-corrected chi connectivity index (χ3v) is 4.52. The van der Waals surface area contributed by atoms with Crippen LogP contribution in [0, 0.1) is 5.92 Å². The second-order valence-corrected chi connectivity index (χ2v) is 6.41. The van der Waals surface area contributed by atoms with Crippen LogP contribution in [-0.2, 0) is 4.79 Å². The van der Waals surface area contributed by atoms with E-state index in [0.29, 0.717) is 30.6 Å². The van der Waals surface area contributed by atoms with E-state index in [4.69, 9.17) is 4.42 Å². The van der Waals surface area contributed by atoms with Gasteiger partial charge in [0.1, 0.15) is 5.76 Å². The highest BCUT2D eigenvalue weighted by atomic mass is 16.3. The number of nitrogens with zero attached hydrogens (tertiary/aromatic N) is 2. The highest BCUT2D eigenvalue weighted by Gasteiger charge is 2.39. The van der Waals surface area contributed by atoms with E-state index in [2.05, 4.69) is 17.2 Å². The molecule has 1 aliphatic carbocycles. The van der Waals surface area contributed by atoms with E-state index < -0.39 is 0 Å². The van der Waals surface area contributed by atoms with Crippen molar-refractivity contribution in [3.63, 3.8) is 0 Å². The third-order valence-electron chi connectivity index (χ3n) is 4.52. The molecule has 2 fully saturated rings. The summed E-state index contributed by atoms with van der Waals surface area (Å²) in [4.78, 5) is 30.0. The first-order valence-electron chi connectivity index (χ1n) is 8.09. The molecular formula is C16H23N3O3. The minimum absolute atomic E-state index is 0.0395. The molecule has 0 bridgehead atoms. The lowest BCUT2D eigenvalue weighted by Gasteiger charge is -2.17. The fraction of sp³-hybridized carbons (Fsp3) is 0.688. The van der Waals surface area contributed by atoms with E-state index in [-0.39, 0.29) is 17.9 Å². The van der Waals surface area contributed by atoms with E-state index in [9.17, 15) is 9.59 Å². The largest absolute Gasteiger partial charge is 0.447 e. The number of carbonyl (C=O) groups excluding carboxylic acids is 2. The number of aromatic nitrogens is 1. The number of carbonyl (C=O) groups is 2. The molecule has 1 aliphatic heterocycles. The van der Waals surface area contributed by atoms with Gasteiger partial charge in [-0.25, -0.2) is 4.98 Å². The van der Waals surface area contributed by atoms with Gasteiger partial charge in [0.05, 0.1) is 6.04 Å². The van der Waals surface area contributed by atoms with Gasteiger partial charge < -0.3 is 14.6 Å². The van der Waals surface area contributed by atoms with Crippen LogP contribution in [0.1, 0.15) is 61.7 Å². The number of likely N-dealkylation sites (tertiary alicyclic amines) is 1. The van der Waals surface area contributed by atoms with Gasteiger partial charge in [-0.2, -0.15) is 0 Å². The van der Waals surface area contributed by atoms with Crippen LogP contribution in [0.25, 0.3) is 0 Å². The predicted molar refractivity (Wildman–Crippen MR) is 80.4 cm³/mol. The molecule has 2 unspecified atom stereocenters. The zero-order valence-corrected chi connectivity index (χ0v) is 13.2. The number of amides is 2. The zero-order valence-electron chi connectivity index (χ0n) is 13.2. The lowest BCUT2D eigenvalue weighted by molar-refractivity contribution is -0.119. The molecule has 120 valence electrons. The van der Waals surface area contributed by atoms with Crippen LogP contribution < -0.4 is 5.32 Å². The molecule has 3 rings (SSSR count). The molecule has 2 heterocycles. The molecule has 1 aromatic rings. The average molecular weight is 305 g/mol. The predicted octanol–water partition coefficient (Wildman–Crippen LogP) is 1.93. The third kappa shape index (κ3) is 3.00. The molecule has 1 saturated heterocycles. The average Bonchev–Trinajstić information content (AvgIpc) is 3.07. The van der Waals surface area contributed by atoms with E-state index in [1.54, 1.807) is 0 Å². The van der Waals surface area contributed by atoms with Gasteiger partial charge in [-0.3, -0.25) is 9.59 Å². The molecule has 2 atom stereocenters. The molecule has 0 spiro atoms. The molecule has 1 N–H and O–H groups in total. The zero-order chi connectivity index (χ0) is 15.7. The van der Waals surface area contributed by atoms with Gasteiger partial charge in [0, 0.05) is 25.9 Å². The minimum atomic E-state index is -0.0652. The van der Waals surface area contributed by atoms with Crippen molar-refractivity contribution in [2.45, 2.75) is 51.5 Å². The van der Waals surface area contributed by atoms with Gasteiger partial charge in [0.2, 0.25) is 5.91 Å². The molecule has 22 heavy (non-hydrogen) atoms. The molecule has 6 nitrogen and oxygen atoms in total. The van der Waals surface area contributed by atoms with Crippen molar-refractivity contribution in [3.8, 4) is 0 Å². The minimum Gasteiger partial charge on any atom is -0.447 e. The molecule has 1 aromatic heterocycles. The summed E-state index contributed by atoms with van der Waals surface area (Å²) in [5.74, 6) is 1.31. The number of oxazole rings is 1. The lowest BCUT2D eigenvalue weighted by Crippen LogP contribution is -2.40. The maximum Gasteiger partial charge on any atom is 0.276 e. The highest BCUT2D eigenvalue weighted by Crippen LogP contribution is 2.41. The van der Waals surface area contributed by atoms with Crippen molar-refractivity contribution in [3.05, 3.63) is 17.8 Å². The molecule has 2 amide bonds. The monoisotopic (exact) mass is 305 g/mol. The summed E-state index contributed by atoms with van der Waals surface area (Å²) in [5, 5.41) is 2.98. The number of nitrogens with one attached hydrogen (secondary N) is 1. The Morgan fingerprint density at radius 2 is 2.18 bits per heavy atom. The van der Waals surface area contributed by atoms with Crippen LogP contribution in [0.3, 0.4) is 0 Å². The van der Waals surface area contributed by atoms with Crippen molar-refractivity contribution in [2.24, 2.45) is 5.92 Å². The van der Waals surface area contributed by atoms with E-state index in [0.717, 1.165) is 31.4 Å². The second-order valence-electron chi connectivity index (χ2n) is 6.41. The molecule has 1 saturated carbocycles. The fourth-order valence-corrected chi connectivity index (χ4v) is 3.33. The second kappa shape index (κ2) is 6.10. The maximum atomic E-state index is 12.7. The molecule has 0 aromatic carbocycles. The molecular weight excluding hydrogens is 282 g/mol. The SMILES string of the molecule is CCCC1CN(C(=O)c2ncoc2C2CC2)CC1NC(C)=O. The Labute approximate surface area is 130 Å². The normalized spacial score (nSPS) is 24.5. The topological polar surface area (TPSA) is 75.4 Å². The smallest absolute Gasteiger partial charge is 0.276 e. The summed E-state index contributed by atoms with van der Waals surface area (Å²) in [5.41, 5.74) is 0.459. The van der Waals surface area contributed by atoms with Gasteiger partial charge in [0.25, 0.3) is 5.91 Å². The molecule has 0 radical (unpaired) electrons. The van der Waals surface area contributed by atoms with Crippen molar-refractivity contribution < 1.29 is 14.0 Å². The van der Waals surface area contributed by atoms with Crippen molar-refractivity contribution in [1.29, 1.82) is 0 Å². The summed E-state index contributed by atoms with van der Waals surface area (Å²) in [7, 11) is 0. The van der Waals surface area contributed by atoms with Gasteiger partial charge in [-0.1, -0.05) is 13.3 Å². The fourth-order valence-electron chi connectivity index (χ4n) is 3.33. The first-order valence-corrected chi connectivity index (χ1v) is 8.09. The van der Waals surface area contributed by atoms with Crippen molar-refractivity contribution >= 4 is 11.8 Å². The maximum absolute atomic E-state index is 12.7. The van der Waals surface area contributed by atoms with Crippen molar-refractivity contribution in [2.75, 3.05) is 13.1 Å². The molecule has 6 heteroatoms. The van der Waals surface area contributed by atoms with E-state index in [1.807, 2.05) is 4.90 Å². The Bertz CT molecular complexity index is 565. The summed E-state index contributed by atoms with van der Waals surface area (Å²) < 4.78 is 5.41. The standard InChI is InChI=1S/C16H23N3O3/c1-3-4-12-7-19(8-13(12)18-10(2)20)16(21)14-15(11-5-6-11)22-9-17-14/h9,11-13H,3-8H2,1-2H3,(H,18,20). The van der Waals surface area contributed by atoms with Crippen LogP contribution in [0.4, 0.5) is 0 Å². The van der Waals surface area contributed by atoms with Crippen molar-refractivity contribution in [1.82, 2.24) is 15.2 Å². The van der Waals surface area contributed by atoms with Crippen LogP contribution >= 0.6 is 0 Å². The Morgan fingerprint density at radius 1 is 1.41 bits per heavy atom. The summed E-state index contributed by atoms with van der Waals surface area (Å²) in [6.07, 6.45) is 5.56. The number of hydrogen-bond donors (Lipinski definition) is 1. The Balaban J connectivity index is 1.72. The quantitative estimate of drug-likeness (QED) is 0.902.